The minimum absolute atomic E-state index is 0.00756. The van der Waals surface area contributed by atoms with Gasteiger partial charge in [0.25, 0.3) is 11.6 Å². The highest BCUT2D eigenvalue weighted by Gasteiger charge is 2.22. The summed E-state index contributed by atoms with van der Waals surface area (Å²) in [6, 6.07) is 9.93. The third kappa shape index (κ3) is 4.25. The Morgan fingerprint density at radius 2 is 1.81 bits per heavy atom. The maximum atomic E-state index is 12.8. The van der Waals surface area contributed by atoms with E-state index in [1.807, 2.05) is 0 Å². The van der Waals surface area contributed by atoms with E-state index in [1.54, 1.807) is 12.3 Å². The molecule has 0 atom stereocenters. The Labute approximate surface area is 152 Å². The molecular formula is C17H14N2O6S. The van der Waals surface area contributed by atoms with E-state index in [0.717, 1.165) is 0 Å². The number of primary amides is 1. The number of hydrogen-bond acceptors (Lipinski definition) is 7. The van der Waals surface area contributed by atoms with Crippen molar-refractivity contribution in [2.24, 2.45) is 5.73 Å². The zero-order valence-electron chi connectivity index (χ0n) is 13.6. The summed E-state index contributed by atoms with van der Waals surface area (Å²) in [4.78, 5) is 46.6. The predicted octanol–water partition coefficient (Wildman–Crippen LogP) is 2.19. The van der Waals surface area contributed by atoms with Gasteiger partial charge in [0.2, 0.25) is 0 Å². The van der Waals surface area contributed by atoms with Crippen molar-refractivity contribution >= 4 is 35.1 Å². The molecule has 0 aromatic heterocycles. The second-order valence-electron chi connectivity index (χ2n) is 5.06. The fraction of sp³-hybridized carbons (Fsp3) is 0.118. The first-order chi connectivity index (χ1) is 12.3. The van der Waals surface area contributed by atoms with E-state index in [1.165, 1.54) is 48.2 Å². The third-order valence-electron chi connectivity index (χ3n) is 3.37. The number of hydrogen-bond donors (Lipinski definition) is 1. The van der Waals surface area contributed by atoms with E-state index < -0.39 is 29.2 Å². The summed E-state index contributed by atoms with van der Waals surface area (Å²) >= 11 is 1.19. The minimum atomic E-state index is -0.886. The standard InChI is InChI=1S/C17H14N2O6S/c1-26-14-7-6-10(8-13(14)19(23)24)16(21)11-4-2-3-5-12(11)17(22)25-9-15(18)20/h2-8H,9H2,1H3,(H2,18,20). The van der Waals surface area contributed by atoms with E-state index >= 15 is 0 Å². The van der Waals surface area contributed by atoms with Crippen LogP contribution in [0, 0.1) is 10.1 Å². The van der Waals surface area contributed by atoms with Crippen LogP contribution in [0.5, 0.6) is 0 Å². The molecule has 0 bridgehead atoms. The molecule has 2 N–H and O–H groups in total. The van der Waals surface area contributed by atoms with Gasteiger partial charge in [0.1, 0.15) is 0 Å². The zero-order valence-corrected chi connectivity index (χ0v) is 14.4. The van der Waals surface area contributed by atoms with Crippen LogP contribution in [0.1, 0.15) is 26.3 Å². The van der Waals surface area contributed by atoms with Crippen molar-refractivity contribution in [1.82, 2.24) is 0 Å². The smallest absolute Gasteiger partial charge is 0.339 e. The van der Waals surface area contributed by atoms with Gasteiger partial charge >= 0.3 is 5.97 Å². The molecule has 0 aliphatic rings. The number of carbonyl (C=O) groups is 3. The van der Waals surface area contributed by atoms with E-state index in [9.17, 15) is 24.5 Å². The Hall–Kier alpha value is -3.20. The number of nitro groups is 1. The fourth-order valence-electron chi connectivity index (χ4n) is 2.20. The number of thioether (sulfide) groups is 1. The van der Waals surface area contributed by atoms with Crippen LogP contribution >= 0.6 is 11.8 Å². The number of rotatable bonds is 7. The van der Waals surface area contributed by atoms with Crippen LogP contribution in [-0.4, -0.2) is 35.4 Å². The fourth-order valence-corrected chi connectivity index (χ4v) is 2.75. The number of benzene rings is 2. The van der Waals surface area contributed by atoms with Gasteiger partial charge in [-0.15, -0.1) is 11.8 Å². The summed E-state index contributed by atoms with van der Waals surface area (Å²) in [7, 11) is 0. The predicted molar refractivity (Wildman–Crippen MR) is 94.2 cm³/mol. The van der Waals surface area contributed by atoms with Crippen molar-refractivity contribution < 1.29 is 24.0 Å². The van der Waals surface area contributed by atoms with Crippen molar-refractivity contribution in [1.29, 1.82) is 0 Å². The van der Waals surface area contributed by atoms with Crippen LogP contribution in [-0.2, 0) is 9.53 Å². The highest BCUT2D eigenvalue weighted by molar-refractivity contribution is 7.98. The van der Waals surface area contributed by atoms with Gasteiger partial charge in [-0.25, -0.2) is 4.79 Å². The molecule has 0 saturated carbocycles. The molecule has 0 unspecified atom stereocenters. The van der Waals surface area contributed by atoms with Crippen molar-refractivity contribution in [2.45, 2.75) is 4.90 Å². The first kappa shape index (κ1) is 19.1. The molecule has 0 radical (unpaired) electrons. The van der Waals surface area contributed by atoms with Crippen LogP contribution in [0.4, 0.5) is 5.69 Å². The topological polar surface area (TPSA) is 130 Å². The SMILES string of the molecule is CSc1ccc(C(=O)c2ccccc2C(=O)OCC(N)=O)cc1[N+](=O)[O-]. The number of esters is 1. The summed E-state index contributed by atoms with van der Waals surface area (Å²) in [5, 5.41) is 11.2. The van der Waals surface area contributed by atoms with E-state index in [-0.39, 0.29) is 22.4 Å². The van der Waals surface area contributed by atoms with Crippen LogP contribution in [0.2, 0.25) is 0 Å². The molecule has 9 heteroatoms. The molecule has 8 nitrogen and oxygen atoms in total. The highest BCUT2D eigenvalue weighted by Crippen LogP contribution is 2.29. The number of amides is 1. The Bertz CT molecular complexity index is 897. The van der Waals surface area contributed by atoms with Gasteiger partial charge < -0.3 is 10.5 Å². The van der Waals surface area contributed by atoms with E-state index in [2.05, 4.69) is 0 Å². The molecule has 0 heterocycles. The number of carbonyl (C=O) groups excluding carboxylic acids is 3. The van der Waals surface area contributed by atoms with Gasteiger partial charge in [-0.3, -0.25) is 19.7 Å². The molecule has 2 aromatic rings. The summed E-state index contributed by atoms with van der Waals surface area (Å²) in [6.45, 7) is -0.616. The quantitative estimate of drug-likeness (QED) is 0.258. The van der Waals surface area contributed by atoms with E-state index in [4.69, 9.17) is 10.5 Å². The number of ketones is 1. The monoisotopic (exact) mass is 374 g/mol. The van der Waals surface area contributed by atoms with Gasteiger partial charge in [0.05, 0.1) is 15.4 Å². The third-order valence-corrected chi connectivity index (χ3v) is 4.16. The Morgan fingerprint density at radius 3 is 2.38 bits per heavy atom. The molecular weight excluding hydrogens is 360 g/mol. The molecule has 0 fully saturated rings. The number of nitrogens with two attached hydrogens (primary N) is 1. The van der Waals surface area contributed by atoms with Gasteiger partial charge in [0, 0.05) is 17.2 Å². The van der Waals surface area contributed by atoms with Crippen LogP contribution < -0.4 is 5.73 Å². The summed E-state index contributed by atoms with van der Waals surface area (Å²) < 4.78 is 4.74. The molecule has 2 rings (SSSR count). The van der Waals surface area contributed by atoms with Crippen molar-refractivity contribution in [3.05, 3.63) is 69.3 Å². The molecule has 26 heavy (non-hydrogen) atoms. The lowest BCUT2D eigenvalue weighted by atomic mass is 9.98. The van der Waals surface area contributed by atoms with Crippen molar-refractivity contribution in [3.63, 3.8) is 0 Å². The second kappa shape index (κ2) is 8.26. The summed E-state index contributed by atoms with van der Waals surface area (Å²) in [5.74, 6) is -2.29. The lowest BCUT2D eigenvalue weighted by Crippen LogP contribution is -2.22. The molecule has 0 aliphatic heterocycles. The Morgan fingerprint density at radius 1 is 1.15 bits per heavy atom. The van der Waals surface area contributed by atoms with Crippen LogP contribution in [0.25, 0.3) is 0 Å². The van der Waals surface area contributed by atoms with E-state index in [0.29, 0.717) is 4.90 Å². The molecule has 0 saturated heterocycles. The molecule has 0 spiro atoms. The lowest BCUT2D eigenvalue weighted by Gasteiger charge is -2.09. The maximum absolute atomic E-state index is 12.8. The molecule has 134 valence electrons. The first-order valence-electron chi connectivity index (χ1n) is 7.26. The van der Waals surface area contributed by atoms with Gasteiger partial charge in [-0.05, 0) is 24.5 Å². The van der Waals surface area contributed by atoms with Gasteiger partial charge in [-0.2, -0.15) is 0 Å². The average molecular weight is 374 g/mol. The second-order valence-corrected chi connectivity index (χ2v) is 5.91. The number of ether oxygens (including phenoxy) is 1. The Balaban J connectivity index is 2.42. The summed E-state index contributed by atoms with van der Waals surface area (Å²) in [6.07, 6.45) is 1.69. The van der Waals surface area contributed by atoms with Gasteiger partial charge in [-0.1, -0.05) is 18.2 Å². The Kier molecular flexibility index (Phi) is 6.07. The molecule has 1 amide bonds. The molecule has 2 aromatic carbocycles. The minimum Gasteiger partial charge on any atom is -0.452 e. The lowest BCUT2D eigenvalue weighted by molar-refractivity contribution is -0.387. The van der Waals surface area contributed by atoms with Crippen LogP contribution in [0.3, 0.4) is 0 Å². The average Bonchev–Trinajstić information content (AvgIpc) is 2.64. The number of nitro benzene ring substituents is 1. The number of nitrogens with zero attached hydrogens (tertiary/aromatic N) is 1. The van der Waals surface area contributed by atoms with Gasteiger partial charge in [0.15, 0.2) is 12.4 Å². The van der Waals surface area contributed by atoms with Crippen molar-refractivity contribution in [3.8, 4) is 0 Å². The normalized spacial score (nSPS) is 10.2. The highest BCUT2D eigenvalue weighted by atomic mass is 32.2. The molecule has 0 aliphatic carbocycles. The largest absolute Gasteiger partial charge is 0.452 e. The zero-order chi connectivity index (χ0) is 19.3. The maximum Gasteiger partial charge on any atom is 0.339 e. The van der Waals surface area contributed by atoms with Crippen LogP contribution in [0.15, 0.2) is 47.4 Å². The first-order valence-corrected chi connectivity index (χ1v) is 8.49. The summed E-state index contributed by atoms with van der Waals surface area (Å²) in [5.41, 5.74) is 4.74. The van der Waals surface area contributed by atoms with Crippen molar-refractivity contribution in [2.75, 3.05) is 12.9 Å².